The standard InChI is InChI=1S/C20H24Cl2FNO2/c1-5-20(2,3)24-11-13-9-18(25-4)19(10-16(13)22)26-12-14-15(21)7-6-8-17(14)23/h6-10,24H,5,11-12H2,1-4H3. The first-order chi connectivity index (χ1) is 12.3. The van der Waals surface area contributed by atoms with Gasteiger partial charge in [-0.3, -0.25) is 0 Å². The Labute approximate surface area is 164 Å². The molecule has 0 spiro atoms. The molecule has 0 saturated heterocycles. The fourth-order valence-electron chi connectivity index (χ4n) is 2.26. The normalized spacial score (nSPS) is 11.5. The van der Waals surface area contributed by atoms with Crippen LogP contribution in [0.5, 0.6) is 11.5 Å². The van der Waals surface area contributed by atoms with E-state index in [-0.39, 0.29) is 12.1 Å². The molecule has 142 valence electrons. The van der Waals surface area contributed by atoms with Crippen LogP contribution in [-0.4, -0.2) is 12.6 Å². The van der Waals surface area contributed by atoms with E-state index in [2.05, 4.69) is 26.1 Å². The summed E-state index contributed by atoms with van der Waals surface area (Å²) in [6.07, 6.45) is 0.992. The summed E-state index contributed by atoms with van der Waals surface area (Å²) in [6.45, 7) is 6.98. The van der Waals surface area contributed by atoms with Gasteiger partial charge in [0.1, 0.15) is 12.4 Å². The zero-order valence-electron chi connectivity index (χ0n) is 15.5. The van der Waals surface area contributed by atoms with E-state index in [4.69, 9.17) is 32.7 Å². The van der Waals surface area contributed by atoms with E-state index in [9.17, 15) is 4.39 Å². The van der Waals surface area contributed by atoms with E-state index in [1.807, 2.05) is 6.07 Å². The summed E-state index contributed by atoms with van der Waals surface area (Å²) in [6, 6.07) is 8.04. The molecule has 0 aliphatic rings. The molecule has 6 heteroatoms. The van der Waals surface area contributed by atoms with Gasteiger partial charge in [-0.05, 0) is 44.0 Å². The van der Waals surface area contributed by atoms with Gasteiger partial charge in [-0.2, -0.15) is 0 Å². The topological polar surface area (TPSA) is 30.5 Å². The molecular formula is C20H24Cl2FNO2. The van der Waals surface area contributed by atoms with Crippen LogP contribution in [0, 0.1) is 5.82 Å². The van der Waals surface area contributed by atoms with Crippen LogP contribution in [0.2, 0.25) is 10.0 Å². The predicted octanol–water partition coefficient (Wildman–Crippen LogP) is 6.00. The van der Waals surface area contributed by atoms with Crippen molar-refractivity contribution in [1.82, 2.24) is 5.32 Å². The average Bonchev–Trinajstić information content (AvgIpc) is 2.60. The summed E-state index contributed by atoms with van der Waals surface area (Å²) < 4.78 is 25.0. The lowest BCUT2D eigenvalue weighted by Crippen LogP contribution is -2.37. The lowest BCUT2D eigenvalue weighted by molar-refractivity contribution is 0.279. The summed E-state index contributed by atoms with van der Waals surface area (Å²) in [5.41, 5.74) is 1.21. The molecule has 2 aromatic carbocycles. The number of halogens is 3. The molecule has 2 aromatic rings. The van der Waals surface area contributed by atoms with Crippen LogP contribution in [0.4, 0.5) is 4.39 Å². The van der Waals surface area contributed by atoms with Gasteiger partial charge in [-0.25, -0.2) is 4.39 Å². The first-order valence-corrected chi connectivity index (χ1v) is 9.20. The molecule has 0 atom stereocenters. The average molecular weight is 400 g/mol. The molecule has 1 N–H and O–H groups in total. The molecule has 2 rings (SSSR count). The predicted molar refractivity (Wildman–Crippen MR) is 105 cm³/mol. The maximum atomic E-state index is 13.9. The molecule has 0 aromatic heterocycles. The zero-order chi connectivity index (χ0) is 19.3. The summed E-state index contributed by atoms with van der Waals surface area (Å²) in [5, 5.41) is 4.33. The van der Waals surface area contributed by atoms with Crippen LogP contribution in [0.1, 0.15) is 38.3 Å². The van der Waals surface area contributed by atoms with Crippen molar-refractivity contribution >= 4 is 23.2 Å². The number of hydrogen-bond acceptors (Lipinski definition) is 3. The number of methoxy groups -OCH3 is 1. The number of nitrogens with one attached hydrogen (secondary N) is 1. The molecule has 0 heterocycles. The monoisotopic (exact) mass is 399 g/mol. The lowest BCUT2D eigenvalue weighted by Gasteiger charge is -2.25. The molecule has 3 nitrogen and oxygen atoms in total. The Morgan fingerprint density at radius 3 is 2.46 bits per heavy atom. The van der Waals surface area contributed by atoms with Crippen molar-refractivity contribution in [1.29, 1.82) is 0 Å². The van der Waals surface area contributed by atoms with E-state index in [0.717, 1.165) is 12.0 Å². The molecule has 0 unspecified atom stereocenters. The Morgan fingerprint density at radius 1 is 1.12 bits per heavy atom. The fourth-order valence-corrected chi connectivity index (χ4v) is 2.70. The highest BCUT2D eigenvalue weighted by molar-refractivity contribution is 6.31. The summed E-state index contributed by atoms with van der Waals surface area (Å²) in [5.74, 6) is 0.563. The quantitative estimate of drug-likeness (QED) is 0.590. The van der Waals surface area contributed by atoms with E-state index in [1.165, 1.54) is 6.07 Å². The van der Waals surface area contributed by atoms with Crippen molar-refractivity contribution in [3.05, 3.63) is 57.3 Å². The van der Waals surface area contributed by atoms with Gasteiger partial charge in [0.05, 0.1) is 12.1 Å². The van der Waals surface area contributed by atoms with Gasteiger partial charge in [0.2, 0.25) is 0 Å². The molecule has 0 aliphatic heterocycles. The number of hydrogen-bond donors (Lipinski definition) is 1. The molecule has 0 amide bonds. The fraction of sp³-hybridized carbons (Fsp3) is 0.400. The lowest BCUT2D eigenvalue weighted by atomic mass is 10.0. The first-order valence-electron chi connectivity index (χ1n) is 8.44. The molecule has 26 heavy (non-hydrogen) atoms. The third-order valence-electron chi connectivity index (χ3n) is 4.41. The first kappa shape index (κ1) is 20.8. The maximum absolute atomic E-state index is 13.9. The number of rotatable bonds is 8. The molecule has 0 saturated carbocycles. The Morgan fingerprint density at radius 2 is 1.85 bits per heavy atom. The van der Waals surface area contributed by atoms with Crippen molar-refractivity contribution < 1.29 is 13.9 Å². The van der Waals surface area contributed by atoms with Crippen LogP contribution in [-0.2, 0) is 13.2 Å². The minimum atomic E-state index is -0.412. The Balaban J connectivity index is 2.18. The minimum absolute atomic E-state index is 0.00726. The van der Waals surface area contributed by atoms with E-state index in [0.29, 0.717) is 33.7 Å². The van der Waals surface area contributed by atoms with Crippen LogP contribution < -0.4 is 14.8 Å². The minimum Gasteiger partial charge on any atom is -0.493 e. The van der Waals surface area contributed by atoms with E-state index in [1.54, 1.807) is 25.3 Å². The molecular weight excluding hydrogens is 376 g/mol. The van der Waals surface area contributed by atoms with E-state index < -0.39 is 5.82 Å². The highest BCUT2D eigenvalue weighted by Crippen LogP contribution is 2.34. The van der Waals surface area contributed by atoms with Gasteiger partial charge < -0.3 is 14.8 Å². The molecule has 0 aliphatic carbocycles. The van der Waals surface area contributed by atoms with Crippen molar-refractivity contribution in [2.24, 2.45) is 0 Å². The zero-order valence-corrected chi connectivity index (χ0v) is 17.0. The number of benzene rings is 2. The highest BCUT2D eigenvalue weighted by atomic mass is 35.5. The van der Waals surface area contributed by atoms with Gasteiger partial charge in [-0.1, -0.05) is 36.2 Å². The number of ether oxygens (including phenoxy) is 2. The molecule has 0 fully saturated rings. The maximum Gasteiger partial charge on any atom is 0.163 e. The van der Waals surface area contributed by atoms with Gasteiger partial charge in [0.15, 0.2) is 11.5 Å². The summed E-state index contributed by atoms with van der Waals surface area (Å²) in [7, 11) is 1.55. The van der Waals surface area contributed by atoms with Crippen molar-refractivity contribution in [3.63, 3.8) is 0 Å². The largest absolute Gasteiger partial charge is 0.493 e. The van der Waals surface area contributed by atoms with Gasteiger partial charge in [0.25, 0.3) is 0 Å². The van der Waals surface area contributed by atoms with Crippen LogP contribution in [0.25, 0.3) is 0 Å². The second-order valence-electron chi connectivity index (χ2n) is 6.67. The van der Waals surface area contributed by atoms with Gasteiger partial charge >= 0.3 is 0 Å². The van der Waals surface area contributed by atoms with Crippen LogP contribution >= 0.6 is 23.2 Å². The Kier molecular flexibility index (Phi) is 7.16. The third-order valence-corrected chi connectivity index (χ3v) is 5.11. The smallest absolute Gasteiger partial charge is 0.163 e. The van der Waals surface area contributed by atoms with Crippen molar-refractivity contribution in [2.75, 3.05) is 7.11 Å². The van der Waals surface area contributed by atoms with Gasteiger partial charge in [0, 0.05) is 28.7 Å². The van der Waals surface area contributed by atoms with E-state index >= 15 is 0 Å². The van der Waals surface area contributed by atoms with Crippen molar-refractivity contribution in [2.45, 2.75) is 45.9 Å². The summed E-state index contributed by atoms with van der Waals surface area (Å²) in [4.78, 5) is 0. The highest BCUT2D eigenvalue weighted by Gasteiger charge is 2.17. The second-order valence-corrected chi connectivity index (χ2v) is 7.49. The molecule has 0 radical (unpaired) electrons. The van der Waals surface area contributed by atoms with Crippen molar-refractivity contribution in [3.8, 4) is 11.5 Å². The SMILES string of the molecule is CCC(C)(C)NCc1cc(OC)c(OCc2c(F)cccc2Cl)cc1Cl. The Hall–Kier alpha value is -1.49. The Bertz CT molecular complexity index is 745. The van der Waals surface area contributed by atoms with Crippen LogP contribution in [0.15, 0.2) is 30.3 Å². The molecule has 0 bridgehead atoms. The van der Waals surface area contributed by atoms with Gasteiger partial charge in [-0.15, -0.1) is 0 Å². The second kappa shape index (κ2) is 8.94. The van der Waals surface area contributed by atoms with Crippen LogP contribution in [0.3, 0.4) is 0 Å². The third kappa shape index (κ3) is 5.26. The summed E-state index contributed by atoms with van der Waals surface area (Å²) >= 11 is 12.4.